The first kappa shape index (κ1) is 18.4. The summed E-state index contributed by atoms with van der Waals surface area (Å²) in [5.41, 5.74) is 3.26. The summed E-state index contributed by atoms with van der Waals surface area (Å²) in [6.07, 6.45) is 0.704. The van der Waals surface area contributed by atoms with Crippen molar-refractivity contribution in [3.05, 3.63) is 40.4 Å². The lowest BCUT2D eigenvalue weighted by molar-refractivity contribution is -0.121. The molecule has 1 aromatic carbocycles. The van der Waals surface area contributed by atoms with E-state index in [0.29, 0.717) is 12.3 Å². The highest BCUT2D eigenvalue weighted by Crippen LogP contribution is 2.38. The van der Waals surface area contributed by atoms with E-state index >= 15 is 0 Å². The van der Waals surface area contributed by atoms with E-state index in [1.165, 1.54) is 15.6 Å². The maximum Gasteiger partial charge on any atom is 0.243 e. The molecular formula is C20H21N3OS2. The van der Waals surface area contributed by atoms with Gasteiger partial charge in [0.2, 0.25) is 5.91 Å². The number of rotatable bonds is 7. The summed E-state index contributed by atoms with van der Waals surface area (Å²) >= 11 is 3.35. The average Bonchev–Trinajstić information content (AvgIpc) is 3.27. The van der Waals surface area contributed by atoms with Crippen LogP contribution in [-0.2, 0) is 4.79 Å². The Morgan fingerprint density at radius 2 is 2.08 bits per heavy atom. The predicted molar refractivity (Wildman–Crippen MR) is 111 cm³/mol. The molecule has 2 aromatic heterocycles. The number of fused-ring (bicyclic) bond motifs is 1. The molecule has 26 heavy (non-hydrogen) atoms. The Morgan fingerprint density at radius 1 is 1.23 bits per heavy atom. The van der Waals surface area contributed by atoms with Crippen molar-refractivity contribution in [3.8, 4) is 17.2 Å². The van der Waals surface area contributed by atoms with Crippen LogP contribution in [0.25, 0.3) is 21.2 Å². The van der Waals surface area contributed by atoms with Crippen LogP contribution in [0.15, 0.2) is 40.4 Å². The van der Waals surface area contributed by atoms with Crippen LogP contribution in [0.4, 0.5) is 5.69 Å². The van der Waals surface area contributed by atoms with Gasteiger partial charge in [0.1, 0.15) is 12.6 Å². The minimum absolute atomic E-state index is 0.0279. The molecule has 1 atom stereocenters. The number of nitrogens with zero attached hydrogens (tertiary/aromatic N) is 1. The number of amides is 1. The first-order valence-corrected chi connectivity index (χ1v) is 10.4. The van der Waals surface area contributed by atoms with Gasteiger partial charge in [0.05, 0.1) is 11.8 Å². The first-order valence-electron chi connectivity index (χ1n) is 8.54. The monoisotopic (exact) mass is 383 g/mol. The van der Waals surface area contributed by atoms with Gasteiger partial charge in [-0.05, 0) is 29.2 Å². The molecule has 2 heterocycles. The highest BCUT2D eigenvalue weighted by molar-refractivity contribution is 7.17. The van der Waals surface area contributed by atoms with Gasteiger partial charge in [0.15, 0.2) is 0 Å². The van der Waals surface area contributed by atoms with Crippen molar-refractivity contribution in [2.75, 3.05) is 11.9 Å². The van der Waals surface area contributed by atoms with Crippen molar-refractivity contribution in [1.29, 1.82) is 5.26 Å². The third kappa shape index (κ3) is 4.06. The molecule has 134 valence electrons. The Morgan fingerprint density at radius 3 is 2.85 bits per heavy atom. The summed E-state index contributed by atoms with van der Waals surface area (Å²) in [7, 11) is 0. The predicted octanol–water partition coefficient (Wildman–Crippen LogP) is 5.10. The lowest BCUT2D eigenvalue weighted by Gasteiger charge is -2.21. The number of nitrogens with one attached hydrogen (secondary N) is 2. The molecule has 3 rings (SSSR count). The molecule has 0 bridgehead atoms. The number of carbonyl (C=O) groups excluding carboxylic acids is 1. The van der Waals surface area contributed by atoms with Crippen LogP contribution in [-0.4, -0.2) is 18.5 Å². The van der Waals surface area contributed by atoms with Crippen LogP contribution in [0.2, 0.25) is 0 Å². The number of benzene rings is 1. The highest BCUT2D eigenvalue weighted by atomic mass is 32.1. The molecule has 4 nitrogen and oxygen atoms in total. The normalized spacial score (nSPS) is 12.1. The largest absolute Gasteiger partial charge is 0.372 e. The van der Waals surface area contributed by atoms with E-state index in [9.17, 15) is 4.79 Å². The Hall–Kier alpha value is -2.36. The van der Waals surface area contributed by atoms with Crippen LogP contribution in [0.1, 0.15) is 20.3 Å². The van der Waals surface area contributed by atoms with E-state index in [2.05, 4.69) is 59.5 Å². The van der Waals surface area contributed by atoms with E-state index in [0.717, 1.165) is 11.3 Å². The van der Waals surface area contributed by atoms with Gasteiger partial charge in [-0.3, -0.25) is 4.79 Å². The molecule has 0 aliphatic rings. The van der Waals surface area contributed by atoms with Crippen LogP contribution in [0.3, 0.4) is 0 Å². The molecule has 0 saturated carbocycles. The van der Waals surface area contributed by atoms with Crippen molar-refractivity contribution in [2.45, 2.75) is 26.3 Å². The highest BCUT2D eigenvalue weighted by Gasteiger charge is 2.21. The van der Waals surface area contributed by atoms with Gasteiger partial charge < -0.3 is 10.6 Å². The summed E-state index contributed by atoms with van der Waals surface area (Å²) < 4.78 is 1.25. The number of nitriles is 1. The second kappa shape index (κ2) is 8.35. The van der Waals surface area contributed by atoms with Crippen LogP contribution >= 0.6 is 22.7 Å². The van der Waals surface area contributed by atoms with Crippen molar-refractivity contribution in [3.63, 3.8) is 0 Å². The minimum Gasteiger partial charge on any atom is -0.372 e. The summed E-state index contributed by atoms with van der Waals surface area (Å²) in [5, 5.41) is 22.3. The van der Waals surface area contributed by atoms with E-state index in [-0.39, 0.29) is 18.5 Å². The zero-order valence-corrected chi connectivity index (χ0v) is 16.4. The number of hydrogen-bond acceptors (Lipinski definition) is 5. The number of carbonyl (C=O) groups is 1. The average molecular weight is 384 g/mol. The van der Waals surface area contributed by atoms with Gasteiger partial charge in [-0.15, -0.1) is 22.7 Å². The van der Waals surface area contributed by atoms with E-state index in [1.807, 2.05) is 11.4 Å². The maximum absolute atomic E-state index is 12.5. The molecule has 0 spiro atoms. The zero-order valence-electron chi connectivity index (χ0n) is 14.8. The lowest BCUT2D eigenvalue weighted by Crippen LogP contribution is -2.40. The third-order valence-electron chi connectivity index (χ3n) is 4.13. The fourth-order valence-corrected chi connectivity index (χ4v) is 4.68. The minimum atomic E-state index is -0.362. The summed E-state index contributed by atoms with van der Waals surface area (Å²) in [5.74, 6) is 0.231. The molecule has 0 radical (unpaired) electrons. The fourth-order valence-electron chi connectivity index (χ4n) is 2.96. The van der Waals surface area contributed by atoms with Gasteiger partial charge >= 0.3 is 0 Å². The number of thiophene rings is 2. The SMILES string of the molecule is CC(C)C[C@H](Nc1cscc1-c1cccc2ccsc12)C(=O)NCC#N. The fraction of sp³-hybridized carbons (Fsp3) is 0.300. The molecule has 2 N–H and O–H groups in total. The smallest absolute Gasteiger partial charge is 0.243 e. The Kier molecular flexibility index (Phi) is 5.92. The molecule has 6 heteroatoms. The quantitative estimate of drug-likeness (QED) is 0.558. The van der Waals surface area contributed by atoms with Crippen molar-refractivity contribution < 1.29 is 4.79 Å². The first-order chi connectivity index (χ1) is 12.6. The molecule has 0 unspecified atom stereocenters. The van der Waals surface area contributed by atoms with Gasteiger partial charge in [0, 0.05) is 26.6 Å². The summed E-state index contributed by atoms with van der Waals surface area (Å²) in [4.78, 5) is 12.5. The third-order valence-corrected chi connectivity index (χ3v) is 5.83. The van der Waals surface area contributed by atoms with Gasteiger partial charge in [-0.2, -0.15) is 5.26 Å². The molecular weight excluding hydrogens is 362 g/mol. The maximum atomic E-state index is 12.5. The van der Waals surface area contributed by atoms with E-state index in [4.69, 9.17) is 5.26 Å². The Bertz CT molecular complexity index is 936. The second-order valence-corrected chi connectivity index (χ2v) is 8.21. The van der Waals surface area contributed by atoms with E-state index in [1.54, 1.807) is 22.7 Å². The molecule has 0 aliphatic heterocycles. The zero-order chi connectivity index (χ0) is 18.5. The van der Waals surface area contributed by atoms with Gasteiger partial charge in [-0.25, -0.2) is 0 Å². The standard InChI is InChI=1S/C20H21N3OS2/c1-13(2)10-17(20(24)22-8-7-21)23-18-12-25-11-16(18)15-5-3-4-14-6-9-26-19(14)15/h3-6,9,11-13,17,23H,8,10H2,1-2H3,(H,22,24)/t17-/m0/s1. The second-order valence-electron chi connectivity index (χ2n) is 6.55. The van der Waals surface area contributed by atoms with Crippen LogP contribution in [0.5, 0.6) is 0 Å². The summed E-state index contributed by atoms with van der Waals surface area (Å²) in [6.45, 7) is 4.21. The summed E-state index contributed by atoms with van der Waals surface area (Å²) in [6, 6.07) is 10.0. The van der Waals surface area contributed by atoms with Crippen molar-refractivity contribution >= 4 is 44.4 Å². The molecule has 0 aliphatic carbocycles. The van der Waals surface area contributed by atoms with Crippen molar-refractivity contribution in [2.24, 2.45) is 5.92 Å². The molecule has 3 aromatic rings. The Balaban J connectivity index is 1.90. The molecule has 0 fully saturated rings. The molecule has 0 saturated heterocycles. The Labute approximate surface area is 161 Å². The number of anilines is 1. The van der Waals surface area contributed by atoms with Crippen LogP contribution in [0, 0.1) is 17.2 Å². The van der Waals surface area contributed by atoms with Gasteiger partial charge in [0.25, 0.3) is 0 Å². The van der Waals surface area contributed by atoms with Gasteiger partial charge in [-0.1, -0.05) is 32.0 Å². The van der Waals surface area contributed by atoms with E-state index < -0.39 is 0 Å². The lowest BCUT2D eigenvalue weighted by atomic mass is 10.0. The number of hydrogen-bond donors (Lipinski definition) is 2. The topological polar surface area (TPSA) is 64.9 Å². The molecule has 1 amide bonds. The van der Waals surface area contributed by atoms with Crippen LogP contribution < -0.4 is 10.6 Å². The van der Waals surface area contributed by atoms with Crippen molar-refractivity contribution in [1.82, 2.24) is 5.32 Å².